The molecule has 2 unspecified atom stereocenters. The molecule has 2 heterocycles. The Morgan fingerprint density at radius 3 is 2.55 bits per heavy atom. The van der Waals surface area contributed by atoms with Crippen LogP contribution in [0.15, 0.2) is 51.6 Å². The number of halogens is 2. The summed E-state index contributed by atoms with van der Waals surface area (Å²) in [4.78, 5) is 55.9. The van der Waals surface area contributed by atoms with Gasteiger partial charge in [-0.05, 0) is 25.5 Å². The molecule has 0 saturated heterocycles. The summed E-state index contributed by atoms with van der Waals surface area (Å²) in [5.41, 5.74) is 1.54. The number of nitro groups is 1. The molecule has 1 aliphatic heterocycles. The molecule has 38 heavy (non-hydrogen) atoms. The molecule has 0 radical (unpaired) electrons. The highest BCUT2D eigenvalue weighted by Crippen LogP contribution is 2.45. The number of hydrogen-bond acceptors (Lipinski definition) is 10. The molecule has 0 fully saturated rings. The van der Waals surface area contributed by atoms with Gasteiger partial charge in [0.25, 0.3) is 11.5 Å². The largest absolute Gasteiger partial charge is 0.466 e. The molecule has 15 heteroatoms. The zero-order valence-corrected chi connectivity index (χ0v) is 22.1. The maximum atomic E-state index is 13.5. The summed E-state index contributed by atoms with van der Waals surface area (Å²) in [6, 6.07) is 5.77. The van der Waals surface area contributed by atoms with Crippen LogP contribution in [0.1, 0.15) is 37.1 Å². The van der Waals surface area contributed by atoms with E-state index in [1.807, 2.05) is 0 Å². The predicted octanol–water partition coefficient (Wildman–Crippen LogP) is 3.02. The average Bonchev–Trinajstić information content (AvgIpc) is 2.84. The fourth-order valence-electron chi connectivity index (χ4n) is 4.07. The van der Waals surface area contributed by atoms with Crippen LogP contribution in [-0.4, -0.2) is 47.8 Å². The van der Waals surface area contributed by atoms with Crippen LogP contribution < -0.4 is 16.3 Å². The lowest BCUT2D eigenvalue weighted by Crippen LogP contribution is -2.36. The van der Waals surface area contributed by atoms with E-state index >= 15 is 0 Å². The smallest absolute Gasteiger partial charge is 0.336 e. The molecular formula is C23H23Cl2N5O8. The van der Waals surface area contributed by atoms with Crippen LogP contribution in [0.5, 0.6) is 0 Å². The second kappa shape index (κ2) is 12.1. The number of allylic oxidation sites excluding steroid dienone is 1. The van der Waals surface area contributed by atoms with Crippen LogP contribution in [0.2, 0.25) is 10.0 Å². The number of aromatic nitrogens is 2. The molecule has 1 aliphatic rings. The maximum Gasteiger partial charge on any atom is 0.336 e. The van der Waals surface area contributed by atoms with Crippen molar-refractivity contribution in [2.75, 3.05) is 26.3 Å². The number of hydrazine groups is 1. The number of carbonyl (C=O) groups is 2. The van der Waals surface area contributed by atoms with Gasteiger partial charge in [-0.2, -0.15) is 0 Å². The van der Waals surface area contributed by atoms with Crippen molar-refractivity contribution in [2.24, 2.45) is 0 Å². The molecule has 3 N–H and O–H groups in total. The molecule has 1 aromatic heterocycles. The lowest BCUT2D eigenvalue weighted by molar-refractivity contribution is -0.446. The van der Waals surface area contributed by atoms with Crippen LogP contribution in [0.3, 0.4) is 0 Å². The predicted molar refractivity (Wildman–Crippen MR) is 136 cm³/mol. The van der Waals surface area contributed by atoms with Gasteiger partial charge in [0.1, 0.15) is 6.10 Å². The Balaban J connectivity index is 2.38. The molecule has 13 nitrogen and oxygen atoms in total. The third-order valence-electron chi connectivity index (χ3n) is 5.51. The number of nitrogens with zero attached hydrogens (tertiary/aromatic N) is 2. The second-order valence-electron chi connectivity index (χ2n) is 7.78. The van der Waals surface area contributed by atoms with Crippen molar-refractivity contribution >= 4 is 41.1 Å². The van der Waals surface area contributed by atoms with E-state index in [0.717, 1.165) is 6.07 Å². The lowest BCUT2D eigenvalue weighted by atomic mass is 9.79. The topological polar surface area (TPSA) is 175 Å². The molecular weight excluding hydrogens is 545 g/mol. The number of rotatable bonds is 9. The van der Waals surface area contributed by atoms with Crippen LogP contribution in [0.4, 0.5) is 5.95 Å². The third-order valence-corrected chi connectivity index (χ3v) is 6.35. The van der Waals surface area contributed by atoms with Gasteiger partial charge in [-0.3, -0.25) is 9.78 Å². The fourth-order valence-corrected chi connectivity index (χ4v) is 4.49. The Morgan fingerprint density at radius 1 is 1.24 bits per heavy atom. The van der Waals surface area contributed by atoms with Crippen LogP contribution in [0.25, 0.3) is 0 Å². The van der Waals surface area contributed by atoms with Crippen molar-refractivity contribution in [1.82, 2.24) is 15.3 Å². The number of dihydropyridines is 1. The van der Waals surface area contributed by atoms with Gasteiger partial charge in [0.05, 0.1) is 52.2 Å². The Morgan fingerprint density at radius 2 is 1.95 bits per heavy atom. The Kier molecular flexibility index (Phi) is 9.09. The Bertz CT molecular complexity index is 1400. The summed E-state index contributed by atoms with van der Waals surface area (Å²) >= 11 is 12.8. The van der Waals surface area contributed by atoms with Gasteiger partial charge >= 0.3 is 11.9 Å². The first-order valence-electron chi connectivity index (χ1n) is 11.0. The molecule has 0 saturated carbocycles. The van der Waals surface area contributed by atoms with Gasteiger partial charge in [-0.25, -0.2) is 24.7 Å². The zero-order valence-electron chi connectivity index (χ0n) is 20.6. The summed E-state index contributed by atoms with van der Waals surface area (Å²) in [6.07, 6.45) is -1.25. The van der Waals surface area contributed by atoms with Gasteiger partial charge in [0, 0.05) is 18.9 Å². The van der Waals surface area contributed by atoms with Crippen molar-refractivity contribution in [2.45, 2.75) is 25.9 Å². The molecule has 202 valence electrons. The molecule has 2 atom stereocenters. The van der Waals surface area contributed by atoms with Gasteiger partial charge < -0.3 is 19.5 Å². The molecule has 2 aromatic rings. The van der Waals surface area contributed by atoms with E-state index in [9.17, 15) is 24.5 Å². The Hall–Kier alpha value is -3.94. The molecule has 0 spiro atoms. The summed E-state index contributed by atoms with van der Waals surface area (Å²) < 4.78 is 15.9. The molecule has 1 aromatic carbocycles. The van der Waals surface area contributed by atoms with E-state index in [1.54, 1.807) is 37.5 Å². The minimum atomic E-state index is -1.25. The number of carbonyl (C=O) groups excluding carboxylic acids is 2. The summed E-state index contributed by atoms with van der Waals surface area (Å²) in [5.74, 6) is -3.19. The Labute approximate surface area is 225 Å². The van der Waals surface area contributed by atoms with E-state index in [-0.39, 0.29) is 44.9 Å². The minimum absolute atomic E-state index is 0.0142. The fraction of sp³-hybridized carbons (Fsp3) is 0.304. The monoisotopic (exact) mass is 567 g/mol. The SMILES string of the molecule is CCOC(=O)C1=C(C(OC)c2cc(=O)[nH]c(N[N+](=O)[O-])n2)NC(C)=C(C(=O)OC)C1c1cccc(Cl)c1Cl. The minimum Gasteiger partial charge on any atom is -0.466 e. The normalized spacial score (nSPS) is 16.0. The maximum absolute atomic E-state index is 13.5. The molecule has 3 rings (SSSR count). The second-order valence-corrected chi connectivity index (χ2v) is 8.57. The lowest BCUT2D eigenvalue weighted by Gasteiger charge is -2.34. The summed E-state index contributed by atoms with van der Waals surface area (Å²) in [6.45, 7) is 3.15. The summed E-state index contributed by atoms with van der Waals surface area (Å²) in [5, 5.41) is 13.3. The van der Waals surface area contributed by atoms with Crippen molar-refractivity contribution in [3.63, 3.8) is 0 Å². The average molecular weight is 568 g/mol. The highest BCUT2D eigenvalue weighted by atomic mass is 35.5. The first-order valence-corrected chi connectivity index (χ1v) is 11.8. The van der Waals surface area contributed by atoms with Crippen molar-refractivity contribution in [1.29, 1.82) is 0 Å². The third kappa shape index (κ3) is 5.79. The molecule has 0 bridgehead atoms. The van der Waals surface area contributed by atoms with Gasteiger partial charge in [0.15, 0.2) is 5.03 Å². The number of nitrogens with one attached hydrogen (secondary N) is 3. The van der Waals surface area contributed by atoms with Crippen molar-refractivity contribution in [3.05, 3.63) is 88.6 Å². The van der Waals surface area contributed by atoms with Crippen LogP contribution in [0, 0.1) is 10.1 Å². The standard InChI is InChI=1S/C23H23Cl2N5O8/c1-5-38-22(33)17-16(11-7-6-8-12(24)18(11)25)15(21(32)37-4)10(2)26-19(17)20(36-3)13-9-14(31)28-23(27-13)29-30(34)35/h6-9,16,20,26H,5H2,1-4H3,(H2,27,28,29,31). The van der Waals surface area contributed by atoms with Gasteiger partial charge in [-0.1, -0.05) is 40.8 Å². The van der Waals surface area contributed by atoms with Crippen molar-refractivity contribution in [3.8, 4) is 0 Å². The first kappa shape index (κ1) is 28.6. The number of anilines is 1. The number of H-pyrrole nitrogens is 1. The number of benzene rings is 1. The number of esters is 2. The number of aromatic amines is 1. The van der Waals surface area contributed by atoms with E-state index in [4.69, 9.17) is 37.4 Å². The van der Waals surface area contributed by atoms with Crippen LogP contribution >= 0.6 is 23.2 Å². The molecule has 0 aliphatic carbocycles. The van der Waals surface area contributed by atoms with Gasteiger partial charge in [-0.15, -0.1) is 0 Å². The quantitative estimate of drug-likeness (QED) is 0.230. The molecule has 0 amide bonds. The highest BCUT2D eigenvalue weighted by molar-refractivity contribution is 6.42. The van der Waals surface area contributed by atoms with Crippen LogP contribution in [-0.2, 0) is 23.8 Å². The van der Waals surface area contributed by atoms with E-state index in [0.29, 0.717) is 5.56 Å². The van der Waals surface area contributed by atoms with Gasteiger partial charge in [0.2, 0.25) is 0 Å². The summed E-state index contributed by atoms with van der Waals surface area (Å²) in [7, 11) is 2.46. The van der Waals surface area contributed by atoms with E-state index < -0.39 is 40.5 Å². The number of hydrogen-bond donors (Lipinski definition) is 3. The highest BCUT2D eigenvalue weighted by Gasteiger charge is 2.42. The zero-order chi connectivity index (χ0) is 28.1. The number of methoxy groups -OCH3 is 2. The first-order chi connectivity index (χ1) is 18.0. The number of ether oxygens (including phenoxy) is 3. The van der Waals surface area contributed by atoms with Crippen molar-refractivity contribution < 1.29 is 28.8 Å². The van der Waals surface area contributed by atoms with E-state index in [1.165, 1.54) is 14.2 Å². The van der Waals surface area contributed by atoms with E-state index in [2.05, 4.69) is 15.3 Å².